The molecule has 3 rings (SSSR count). The number of aryl methyl sites for hydroxylation is 2. The van der Waals surface area contributed by atoms with Gasteiger partial charge in [-0.05, 0) is 56.2 Å². The highest BCUT2D eigenvalue weighted by atomic mass is 16.5. The molecule has 8 heteroatoms. The number of hydrogen-bond donors (Lipinski definition) is 1. The number of rotatable bonds is 11. The van der Waals surface area contributed by atoms with Crippen LogP contribution in [-0.4, -0.2) is 42.6 Å². The smallest absolute Gasteiger partial charge is 0.342 e. The number of amides is 1. The number of methoxy groups -OCH3 is 1. The minimum absolute atomic E-state index is 0.113. The third kappa shape index (κ3) is 6.04. The van der Waals surface area contributed by atoms with Crippen molar-refractivity contribution in [1.29, 1.82) is 0 Å². The lowest BCUT2D eigenvalue weighted by molar-refractivity contribution is -0.119. The Bertz CT molecular complexity index is 1180. The van der Waals surface area contributed by atoms with Crippen LogP contribution in [0.5, 0.6) is 11.5 Å². The molecule has 34 heavy (non-hydrogen) atoms. The van der Waals surface area contributed by atoms with E-state index in [1.807, 2.05) is 44.2 Å². The highest BCUT2D eigenvalue weighted by Crippen LogP contribution is 2.21. The molecule has 3 aromatic rings. The fourth-order valence-corrected chi connectivity index (χ4v) is 3.66. The Labute approximate surface area is 198 Å². The van der Waals surface area contributed by atoms with Gasteiger partial charge in [-0.1, -0.05) is 24.3 Å². The number of para-hydroxylation sites is 1. The van der Waals surface area contributed by atoms with Crippen LogP contribution >= 0.6 is 0 Å². The summed E-state index contributed by atoms with van der Waals surface area (Å²) in [5.74, 6) is -0.716. The number of carbonyl (C=O) groups excluding carboxylic acids is 3. The van der Waals surface area contributed by atoms with E-state index in [1.54, 1.807) is 19.2 Å². The third-order valence-electron chi connectivity index (χ3n) is 5.47. The van der Waals surface area contributed by atoms with Crippen molar-refractivity contribution >= 4 is 17.7 Å². The standard InChI is InChI=1S/C26H28N2O6/c1-17-14-22(18(2)28(17)13-12-19-8-10-20(32-3)11-9-19)23(29)15-34-26(31)21-6-4-5-7-24(21)33-16-25(27)30/h4-11,14H,12-13,15-16H2,1-3H3,(H2,27,30). The van der Waals surface area contributed by atoms with Crippen LogP contribution in [0.2, 0.25) is 0 Å². The molecule has 0 saturated heterocycles. The molecule has 0 radical (unpaired) electrons. The molecule has 1 amide bonds. The number of benzene rings is 2. The minimum Gasteiger partial charge on any atom is -0.497 e. The van der Waals surface area contributed by atoms with Gasteiger partial charge in [0.25, 0.3) is 5.91 Å². The quantitative estimate of drug-likeness (QED) is 0.345. The average molecular weight is 465 g/mol. The lowest BCUT2D eigenvalue weighted by atomic mass is 10.1. The largest absolute Gasteiger partial charge is 0.497 e. The molecule has 0 aliphatic rings. The molecule has 8 nitrogen and oxygen atoms in total. The highest BCUT2D eigenvalue weighted by molar-refractivity contribution is 6.01. The van der Waals surface area contributed by atoms with Gasteiger partial charge in [-0.3, -0.25) is 9.59 Å². The Morgan fingerprint density at radius 3 is 2.32 bits per heavy atom. The summed E-state index contributed by atoms with van der Waals surface area (Å²) in [7, 11) is 1.63. The molecule has 0 saturated carbocycles. The molecule has 0 unspecified atom stereocenters. The van der Waals surface area contributed by atoms with Crippen LogP contribution in [-0.2, 0) is 22.5 Å². The van der Waals surface area contributed by atoms with E-state index in [0.29, 0.717) is 12.1 Å². The zero-order valence-electron chi connectivity index (χ0n) is 19.5. The van der Waals surface area contributed by atoms with Crippen molar-refractivity contribution in [1.82, 2.24) is 4.57 Å². The van der Waals surface area contributed by atoms with Crippen molar-refractivity contribution in [3.63, 3.8) is 0 Å². The number of Topliss-reactive ketones (excluding diaryl/α,β-unsaturated/α-hetero) is 1. The van der Waals surface area contributed by atoms with E-state index >= 15 is 0 Å². The molecule has 0 fully saturated rings. The molecule has 1 heterocycles. The monoisotopic (exact) mass is 464 g/mol. The topological polar surface area (TPSA) is 110 Å². The number of esters is 1. The molecule has 0 aliphatic carbocycles. The molecule has 0 bridgehead atoms. The van der Waals surface area contributed by atoms with Crippen LogP contribution < -0.4 is 15.2 Å². The van der Waals surface area contributed by atoms with Gasteiger partial charge in [0.05, 0.1) is 7.11 Å². The van der Waals surface area contributed by atoms with Gasteiger partial charge < -0.3 is 24.5 Å². The number of aromatic nitrogens is 1. The van der Waals surface area contributed by atoms with Crippen molar-refractivity contribution < 1.29 is 28.6 Å². The van der Waals surface area contributed by atoms with Crippen molar-refractivity contribution in [3.05, 3.63) is 82.7 Å². The maximum Gasteiger partial charge on any atom is 0.342 e. The van der Waals surface area contributed by atoms with Gasteiger partial charge in [0.2, 0.25) is 5.78 Å². The Hall–Kier alpha value is -4.07. The third-order valence-corrected chi connectivity index (χ3v) is 5.47. The first-order chi connectivity index (χ1) is 16.3. The number of nitrogens with two attached hydrogens (primary N) is 1. The second-order valence-electron chi connectivity index (χ2n) is 7.78. The molecular formula is C26H28N2O6. The molecule has 178 valence electrons. The number of nitrogens with zero attached hydrogens (tertiary/aromatic N) is 1. The summed E-state index contributed by atoms with van der Waals surface area (Å²) >= 11 is 0. The fourth-order valence-electron chi connectivity index (χ4n) is 3.66. The van der Waals surface area contributed by atoms with E-state index in [0.717, 1.165) is 29.1 Å². The highest BCUT2D eigenvalue weighted by Gasteiger charge is 2.20. The molecular weight excluding hydrogens is 436 g/mol. The predicted molar refractivity (Wildman–Crippen MR) is 126 cm³/mol. The van der Waals surface area contributed by atoms with Gasteiger partial charge in [-0.2, -0.15) is 0 Å². The molecule has 2 N–H and O–H groups in total. The van der Waals surface area contributed by atoms with Crippen LogP contribution in [0, 0.1) is 13.8 Å². The number of primary amides is 1. The van der Waals surface area contributed by atoms with Crippen molar-refractivity contribution in [2.45, 2.75) is 26.8 Å². The van der Waals surface area contributed by atoms with Gasteiger partial charge in [-0.15, -0.1) is 0 Å². The fraction of sp³-hybridized carbons (Fsp3) is 0.269. The predicted octanol–water partition coefficient (Wildman–Crippen LogP) is 3.26. The minimum atomic E-state index is -0.721. The average Bonchev–Trinajstić information content (AvgIpc) is 3.13. The number of carbonyl (C=O) groups is 3. The van der Waals surface area contributed by atoms with E-state index in [1.165, 1.54) is 12.1 Å². The maximum absolute atomic E-state index is 12.8. The van der Waals surface area contributed by atoms with Crippen LogP contribution in [0.25, 0.3) is 0 Å². The number of ketones is 1. The first kappa shape index (κ1) is 24.6. The molecule has 0 atom stereocenters. The zero-order chi connectivity index (χ0) is 24.7. The van der Waals surface area contributed by atoms with E-state index in [9.17, 15) is 14.4 Å². The van der Waals surface area contributed by atoms with E-state index in [4.69, 9.17) is 19.9 Å². The van der Waals surface area contributed by atoms with Gasteiger partial charge >= 0.3 is 5.97 Å². The molecule has 2 aromatic carbocycles. The molecule has 0 aliphatic heterocycles. The first-order valence-corrected chi connectivity index (χ1v) is 10.8. The second-order valence-corrected chi connectivity index (χ2v) is 7.78. The Morgan fingerprint density at radius 1 is 0.941 bits per heavy atom. The summed E-state index contributed by atoms with van der Waals surface area (Å²) in [6.45, 7) is 3.75. The Morgan fingerprint density at radius 2 is 1.65 bits per heavy atom. The number of ether oxygens (including phenoxy) is 3. The first-order valence-electron chi connectivity index (χ1n) is 10.8. The number of hydrogen-bond acceptors (Lipinski definition) is 6. The summed E-state index contributed by atoms with van der Waals surface area (Å²) in [5.41, 5.74) is 8.64. The lowest BCUT2D eigenvalue weighted by Gasteiger charge is -2.11. The van der Waals surface area contributed by atoms with Gasteiger partial charge in [-0.25, -0.2) is 4.79 Å². The van der Waals surface area contributed by atoms with Gasteiger partial charge in [0, 0.05) is 23.5 Å². The molecule has 1 aromatic heterocycles. The summed E-state index contributed by atoms with van der Waals surface area (Å²) in [5, 5.41) is 0. The van der Waals surface area contributed by atoms with Crippen molar-refractivity contribution in [3.8, 4) is 11.5 Å². The summed E-state index contributed by atoms with van der Waals surface area (Å²) in [6, 6.07) is 16.0. The Kier molecular flexibility index (Phi) is 8.08. The maximum atomic E-state index is 12.8. The Balaban J connectivity index is 1.63. The van der Waals surface area contributed by atoms with Gasteiger partial charge in [0.15, 0.2) is 13.2 Å². The van der Waals surface area contributed by atoms with E-state index < -0.39 is 18.5 Å². The van der Waals surface area contributed by atoms with Crippen LogP contribution in [0.15, 0.2) is 54.6 Å². The summed E-state index contributed by atoms with van der Waals surface area (Å²) in [4.78, 5) is 36.3. The van der Waals surface area contributed by atoms with Crippen LogP contribution in [0.1, 0.15) is 37.7 Å². The van der Waals surface area contributed by atoms with Gasteiger partial charge in [0.1, 0.15) is 17.1 Å². The van der Waals surface area contributed by atoms with E-state index in [2.05, 4.69) is 4.57 Å². The zero-order valence-corrected chi connectivity index (χ0v) is 19.5. The summed E-state index contributed by atoms with van der Waals surface area (Å²) < 4.78 is 17.8. The summed E-state index contributed by atoms with van der Waals surface area (Å²) in [6.07, 6.45) is 0.797. The normalized spacial score (nSPS) is 10.6. The lowest BCUT2D eigenvalue weighted by Crippen LogP contribution is -2.21. The second kappa shape index (κ2) is 11.2. The van der Waals surface area contributed by atoms with Crippen molar-refractivity contribution in [2.75, 3.05) is 20.3 Å². The van der Waals surface area contributed by atoms with Crippen molar-refractivity contribution in [2.24, 2.45) is 5.73 Å². The SMILES string of the molecule is COc1ccc(CCn2c(C)cc(C(=O)COC(=O)c3ccccc3OCC(N)=O)c2C)cc1. The molecule has 0 spiro atoms. The van der Waals surface area contributed by atoms with Crippen LogP contribution in [0.3, 0.4) is 0 Å². The van der Waals surface area contributed by atoms with E-state index in [-0.39, 0.29) is 23.7 Å². The van der Waals surface area contributed by atoms with Crippen LogP contribution in [0.4, 0.5) is 0 Å².